The molecule has 2 rings (SSSR count). The lowest BCUT2D eigenvalue weighted by atomic mass is 9.60. The smallest absolute Gasteiger partial charge is 0.415 e. The lowest BCUT2D eigenvalue weighted by Gasteiger charge is -2.45. The van der Waals surface area contributed by atoms with Crippen LogP contribution in [0.5, 0.6) is 0 Å². The Kier molecular flexibility index (Phi) is 4.41. The third kappa shape index (κ3) is 3.04. The Labute approximate surface area is 142 Å². The van der Waals surface area contributed by atoms with Crippen molar-refractivity contribution in [1.29, 1.82) is 0 Å². The quantitative estimate of drug-likeness (QED) is 0.568. The number of rotatable bonds is 0. The minimum absolute atomic E-state index is 0.0106. The van der Waals surface area contributed by atoms with Crippen molar-refractivity contribution >= 4 is 6.09 Å². The summed E-state index contributed by atoms with van der Waals surface area (Å²) >= 11 is 0. The van der Waals surface area contributed by atoms with Crippen LogP contribution in [0, 0.1) is 16.7 Å². The molecule has 1 heterocycles. The normalized spacial score (nSPS) is 34.3. The van der Waals surface area contributed by atoms with Gasteiger partial charge in [0, 0.05) is 5.54 Å². The summed E-state index contributed by atoms with van der Waals surface area (Å²) in [6.07, 6.45) is 2.96. The third-order valence-corrected chi connectivity index (χ3v) is 6.44. The van der Waals surface area contributed by atoms with Gasteiger partial charge >= 0.3 is 6.09 Å². The average Bonchev–Trinajstić information content (AvgIpc) is 2.70. The van der Waals surface area contributed by atoms with Gasteiger partial charge in [-0.1, -0.05) is 34.6 Å². The molecule has 1 saturated heterocycles. The fraction of sp³-hybridized carbons (Fsp3) is 0.850. The highest BCUT2D eigenvalue weighted by atomic mass is 16.6. The van der Waals surface area contributed by atoms with Crippen LogP contribution < -0.4 is 0 Å². The van der Waals surface area contributed by atoms with Crippen LogP contribution in [0.3, 0.4) is 0 Å². The van der Waals surface area contributed by atoms with Crippen LogP contribution in [0.15, 0.2) is 11.3 Å². The molecule has 0 spiro atoms. The van der Waals surface area contributed by atoms with E-state index >= 15 is 0 Å². The summed E-state index contributed by atoms with van der Waals surface area (Å²) in [6, 6.07) is 0. The number of nitrogens with zero attached hydrogens (tertiary/aromatic N) is 1. The summed E-state index contributed by atoms with van der Waals surface area (Å²) in [5, 5.41) is 0. The zero-order valence-electron chi connectivity index (χ0n) is 16.5. The SMILES string of the molecule is C/C1=C2/C(CCC(C)CC(C)(C)C1(C)C)OC(=O)N2C(C)(C)C. The molecular formula is C20H35NO2. The molecule has 3 heteroatoms. The fourth-order valence-electron chi connectivity index (χ4n) is 4.20. The zero-order valence-corrected chi connectivity index (χ0v) is 16.5. The van der Waals surface area contributed by atoms with Gasteiger partial charge in [-0.3, -0.25) is 4.90 Å². The van der Waals surface area contributed by atoms with Gasteiger partial charge in [0.05, 0.1) is 5.70 Å². The molecule has 1 amide bonds. The van der Waals surface area contributed by atoms with Crippen molar-refractivity contribution in [3.63, 3.8) is 0 Å². The van der Waals surface area contributed by atoms with E-state index in [1.165, 1.54) is 12.0 Å². The Hall–Kier alpha value is -0.990. The van der Waals surface area contributed by atoms with Crippen molar-refractivity contribution in [3.05, 3.63) is 11.3 Å². The second-order valence-corrected chi connectivity index (χ2v) is 9.78. The molecular weight excluding hydrogens is 286 g/mol. The predicted octanol–water partition coefficient (Wildman–Crippen LogP) is 5.75. The number of hydrogen-bond donors (Lipinski definition) is 0. The van der Waals surface area contributed by atoms with Gasteiger partial charge in [0.25, 0.3) is 0 Å². The average molecular weight is 322 g/mol. The molecule has 0 saturated carbocycles. The summed E-state index contributed by atoms with van der Waals surface area (Å²) in [5.74, 6) is 0.638. The van der Waals surface area contributed by atoms with Crippen molar-refractivity contribution in [3.8, 4) is 0 Å². The van der Waals surface area contributed by atoms with Crippen LogP contribution in [0.1, 0.15) is 81.6 Å². The van der Waals surface area contributed by atoms with E-state index in [9.17, 15) is 4.79 Å². The molecule has 1 fully saturated rings. The summed E-state index contributed by atoms with van der Waals surface area (Å²) in [6.45, 7) is 20.2. The Morgan fingerprint density at radius 2 is 1.70 bits per heavy atom. The molecule has 0 aromatic carbocycles. The Bertz CT molecular complexity index is 522. The van der Waals surface area contributed by atoms with E-state index in [2.05, 4.69) is 62.3 Å². The highest BCUT2D eigenvalue weighted by molar-refractivity contribution is 5.75. The molecule has 0 radical (unpaired) electrons. The van der Waals surface area contributed by atoms with Crippen molar-refractivity contribution in [2.75, 3.05) is 0 Å². The number of hydrogen-bond acceptors (Lipinski definition) is 2. The fourth-order valence-corrected chi connectivity index (χ4v) is 4.20. The summed E-state index contributed by atoms with van der Waals surface area (Å²) < 4.78 is 5.80. The molecule has 2 aliphatic rings. The summed E-state index contributed by atoms with van der Waals surface area (Å²) in [7, 11) is 0. The Morgan fingerprint density at radius 1 is 1.13 bits per heavy atom. The van der Waals surface area contributed by atoms with E-state index in [0.717, 1.165) is 18.5 Å². The van der Waals surface area contributed by atoms with E-state index in [4.69, 9.17) is 4.74 Å². The van der Waals surface area contributed by atoms with Crippen molar-refractivity contribution in [2.45, 2.75) is 93.2 Å². The molecule has 1 aliphatic carbocycles. The first kappa shape index (κ1) is 18.4. The standard InChI is InChI=1S/C20H35NO2/c1-13-10-11-15-16(21(17(22)23-15)18(3,4)5)14(2)20(8,9)19(6,7)12-13/h13,15H,10-12H2,1-9H3/b16-14+. The van der Waals surface area contributed by atoms with Crippen LogP contribution in [0.25, 0.3) is 0 Å². The number of carbonyl (C=O) groups is 1. The maximum absolute atomic E-state index is 12.6. The second-order valence-electron chi connectivity index (χ2n) is 9.78. The van der Waals surface area contributed by atoms with E-state index in [1.807, 2.05) is 4.90 Å². The van der Waals surface area contributed by atoms with Crippen LogP contribution in [-0.4, -0.2) is 22.6 Å². The van der Waals surface area contributed by atoms with Gasteiger partial charge in [0.15, 0.2) is 0 Å². The number of allylic oxidation sites excluding steroid dienone is 1. The molecule has 3 nitrogen and oxygen atoms in total. The first-order valence-electron chi connectivity index (χ1n) is 9.01. The molecule has 0 bridgehead atoms. The highest BCUT2D eigenvalue weighted by Gasteiger charge is 2.49. The van der Waals surface area contributed by atoms with Gasteiger partial charge in [0.2, 0.25) is 0 Å². The topological polar surface area (TPSA) is 29.5 Å². The zero-order chi connectivity index (χ0) is 17.8. The number of ether oxygens (including phenoxy) is 1. The van der Waals surface area contributed by atoms with E-state index < -0.39 is 0 Å². The number of fused-ring (bicyclic) bond motifs is 1. The lowest BCUT2D eigenvalue weighted by molar-refractivity contribution is 0.101. The van der Waals surface area contributed by atoms with Crippen LogP contribution in [0.4, 0.5) is 4.79 Å². The van der Waals surface area contributed by atoms with Crippen molar-refractivity contribution in [2.24, 2.45) is 16.7 Å². The molecule has 2 unspecified atom stereocenters. The van der Waals surface area contributed by atoms with E-state index in [0.29, 0.717) is 5.92 Å². The minimum Gasteiger partial charge on any atom is -0.439 e. The molecule has 1 aliphatic heterocycles. The maximum Gasteiger partial charge on any atom is 0.415 e. The highest BCUT2D eigenvalue weighted by Crippen LogP contribution is 2.52. The molecule has 0 aromatic heterocycles. The molecule has 132 valence electrons. The molecule has 0 N–H and O–H groups in total. The molecule has 2 atom stereocenters. The van der Waals surface area contributed by atoms with Crippen LogP contribution >= 0.6 is 0 Å². The largest absolute Gasteiger partial charge is 0.439 e. The Morgan fingerprint density at radius 3 is 2.22 bits per heavy atom. The van der Waals surface area contributed by atoms with Crippen molar-refractivity contribution < 1.29 is 9.53 Å². The van der Waals surface area contributed by atoms with Crippen molar-refractivity contribution in [1.82, 2.24) is 4.90 Å². The Balaban J connectivity index is 2.65. The van der Waals surface area contributed by atoms with E-state index in [1.54, 1.807) is 0 Å². The van der Waals surface area contributed by atoms with Gasteiger partial charge in [-0.2, -0.15) is 0 Å². The molecule has 23 heavy (non-hydrogen) atoms. The number of carbonyl (C=O) groups excluding carboxylic acids is 1. The van der Waals surface area contributed by atoms with Gasteiger partial charge in [-0.05, 0) is 69.3 Å². The van der Waals surface area contributed by atoms with E-state index in [-0.39, 0.29) is 28.6 Å². The van der Waals surface area contributed by atoms with Crippen LogP contribution in [-0.2, 0) is 4.74 Å². The first-order chi connectivity index (χ1) is 10.3. The van der Waals surface area contributed by atoms with Gasteiger partial charge in [-0.15, -0.1) is 0 Å². The van der Waals surface area contributed by atoms with Crippen LogP contribution in [0.2, 0.25) is 0 Å². The monoisotopic (exact) mass is 321 g/mol. The third-order valence-electron chi connectivity index (χ3n) is 6.44. The van der Waals surface area contributed by atoms with Gasteiger partial charge in [-0.25, -0.2) is 4.79 Å². The maximum atomic E-state index is 12.6. The second kappa shape index (κ2) is 5.53. The first-order valence-corrected chi connectivity index (χ1v) is 9.01. The molecule has 0 aromatic rings. The number of amides is 1. The van der Waals surface area contributed by atoms with Gasteiger partial charge < -0.3 is 4.74 Å². The summed E-state index contributed by atoms with van der Waals surface area (Å²) in [4.78, 5) is 14.5. The minimum atomic E-state index is -0.262. The van der Waals surface area contributed by atoms with Gasteiger partial charge in [0.1, 0.15) is 6.10 Å². The summed E-state index contributed by atoms with van der Waals surface area (Å²) in [5.41, 5.74) is 2.35. The lowest BCUT2D eigenvalue weighted by Crippen LogP contribution is -2.43. The predicted molar refractivity (Wildman–Crippen MR) is 95.1 cm³/mol.